The Labute approximate surface area is 113 Å². The molecule has 1 aliphatic rings. The molecule has 104 valence electrons. The Hall–Kier alpha value is -1.62. The molecule has 1 unspecified atom stereocenters. The molecule has 1 fully saturated rings. The molecule has 5 nitrogen and oxygen atoms in total. The number of aromatic amines is 1. The van der Waals surface area contributed by atoms with Gasteiger partial charge in [0.15, 0.2) is 5.43 Å². The first-order valence-corrected chi connectivity index (χ1v) is 6.89. The number of piperidine rings is 1. The lowest BCUT2D eigenvalue weighted by molar-refractivity contribution is 0.0727. The summed E-state index contributed by atoms with van der Waals surface area (Å²) < 4.78 is 0. The average Bonchev–Trinajstić information content (AvgIpc) is 2.46. The first-order valence-electron chi connectivity index (χ1n) is 6.89. The zero-order valence-corrected chi connectivity index (χ0v) is 11.3. The van der Waals surface area contributed by atoms with Gasteiger partial charge >= 0.3 is 0 Å². The second-order valence-electron chi connectivity index (χ2n) is 4.98. The number of hydrogen-bond donors (Lipinski definition) is 2. The van der Waals surface area contributed by atoms with E-state index < -0.39 is 0 Å². The third kappa shape index (κ3) is 3.44. The summed E-state index contributed by atoms with van der Waals surface area (Å²) in [7, 11) is 0. The number of nitrogens with one attached hydrogen (secondary N) is 2. The molecule has 1 aromatic rings. The predicted molar refractivity (Wildman–Crippen MR) is 74.2 cm³/mol. The number of aromatic nitrogens is 1. The van der Waals surface area contributed by atoms with E-state index in [9.17, 15) is 9.59 Å². The fourth-order valence-corrected chi connectivity index (χ4v) is 2.50. The maximum absolute atomic E-state index is 12.4. The second kappa shape index (κ2) is 6.52. The molecule has 0 aliphatic carbocycles. The van der Waals surface area contributed by atoms with Gasteiger partial charge in [-0.25, -0.2) is 0 Å². The number of pyridine rings is 1. The van der Waals surface area contributed by atoms with Gasteiger partial charge in [-0.05, 0) is 38.8 Å². The lowest BCUT2D eigenvalue weighted by Gasteiger charge is -2.29. The molecule has 1 amide bonds. The summed E-state index contributed by atoms with van der Waals surface area (Å²) >= 11 is 0. The highest BCUT2D eigenvalue weighted by atomic mass is 16.2. The van der Waals surface area contributed by atoms with Gasteiger partial charge in [-0.3, -0.25) is 9.59 Å². The van der Waals surface area contributed by atoms with E-state index in [1.165, 1.54) is 12.3 Å². The molecule has 2 N–H and O–H groups in total. The number of hydrogen-bond acceptors (Lipinski definition) is 3. The molecular weight excluding hydrogens is 242 g/mol. The van der Waals surface area contributed by atoms with Crippen molar-refractivity contribution in [1.82, 2.24) is 15.2 Å². The van der Waals surface area contributed by atoms with Crippen LogP contribution in [0.25, 0.3) is 0 Å². The number of nitrogens with zero attached hydrogens (tertiary/aromatic N) is 1. The molecule has 0 aromatic carbocycles. The molecule has 19 heavy (non-hydrogen) atoms. The molecule has 1 aliphatic heterocycles. The summed E-state index contributed by atoms with van der Waals surface area (Å²) in [5.74, 6) is 0.315. The van der Waals surface area contributed by atoms with Crippen LogP contribution in [0.1, 0.15) is 30.1 Å². The van der Waals surface area contributed by atoms with Crippen LogP contribution in [0.15, 0.2) is 23.3 Å². The molecule has 0 radical (unpaired) electrons. The number of carbonyl (C=O) groups excluding carboxylic acids is 1. The van der Waals surface area contributed by atoms with Crippen LogP contribution in [0, 0.1) is 5.92 Å². The van der Waals surface area contributed by atoms with Crippen molar-refractivity contribution in [3.05, 3.63) is 34.2 Å². The largest absolute Gasteiger partial charge is 0.367 e. The average molecular weight is 263 g/mol. The van der Waals surface area contributed by atoms with Gasteiger partial charge in [-0.1, -0.05) is 0 Å². The van der Waals surface area contributed by atoms with Crippen molar-refractivity contribution in [2.24, 2.45) is 5.92 Å². The normalized spacial score (nSPS) is 19.1. The Morgan fingerprint density at radius 2 is 2.37 bits per heavy atom. The minimum Gasteiger partial charge on any atom is -0.367 e. The van der Waals surface area contributed by atoms with Crippen molar-refractivity contribution in [3.63, 3.8) is 0 Å². The van der Waals surface area contributed by atoms with Crippen molar-refractivity contribution in [1.29, 1.82) is 0 Å². The van der Waals surface area contributed by atoms with Crippen LogP contribution < -0.4 is 10.7 Å². The standard InChI is InChI=1S/C14H21N3O2/c1-2-17(10-11-4-3-6-15-8-11)14(19)12-9-16-7-5-13(12)18/h5,7,9,11,15H,2-4,6,8,10H2,1H3,(H,16,18). The van der Waals surface area contributed by atoms with Crippen molar-refractivity contribution in [2.45, 2.75) is 19.8 Å². The Kier molecular flexibility index (Phi) is 4.74. The topological polar surface area (TPSA) is 65.2 Å². The number of rotatable bonds is 4. The molecule has 2 heterocycles. The monoisotopic (exact) mass is 263 g/mol. The van der Waals surface area contributed by atoms with Crippen molar-refractivity contribution in [3.8, 4) is 0 Å². The summed E-state index contributed by atoms with van der Waals surface area (Å²) in [6.45, 7) is 5.31. The van der Waals surface area contributed by atoms with E-state index in [0.717, 1.165) is 32.5 Å². The molecule has 1 atom stereocenters. The smallest absolute Gasteiger partial charge is 0.259 e. The Bertz CT molecular complexity index is 478. The summed E-state index contributed by atoms with van der Waals surface area (Å²) in [6, 6.07) is 1.39. The van der Waals surface area contributed by atoms with Crippen LogP contribution in [0.4, 0.5) is 0 Å². The highest BCUT2D eigenvalue weighted by Gasteiger charge is 2.21. The molecule has 0 bridgehead atoms. The molecule has 0 saturated carbocycles. The van der Waals surface area contributed by atoms with Crippen LogP contribution in [0.5, 0.6) is 0 Å². The minimum atomic E-state index is -0.219. The van der Waals surface area contributed by atoms with Gasteiger partial charge in [0, 0.05) is 31.5 Å². The molecule has 5 heteroatoms. The van der Waals surface area contributed by atoms with Gasteiger partial charge in [0.1, 0.15) is 5.56 Å². The number of carbonyl (C=O) groups is 1. The van der Waals surface area contributed by atoms with E-state index >= 15 is 0 Å². The second-order valence-corrected chi connectivity index (χ2v) is 4.98. The van der Waals surface area contributed by atoms with Gasteiger partial charge < -0.3 is 15.2 Å². The van der Waals surface area contributed by atoms with Crippen LogP contribution in [-0.2, 0) is 0 Å². The van der Waals surface area contributed by atoms with Crippen LogP contribution in [0.2, 0.25) is 0 Å². The van der Waals surface area contributed by atoms with E-state index in [0.29, 0.717) is 12.5 Å². The fraction of sp³-hybridized carbons (Fsp3) is 0.571. The minimum absolute atomic E-state index is 0.171. The summed E-state index contributed by atoms with van der Waals surface area (Å²) in [5.41, 5.74) is 0.0112. The van der Waals surface area contributed by atoms with E-state index in [4.69, 9.17) is 0 Å². The van der Waals surface area contributed by atoms with Gasteiger partial charge in [0.25, 0.3) is 5.91 Å². The van der Waals surface area contributed by atoms with Crippen molar-refractivity contribution >= 4 is 5.91 Å². The third-order valence-corrected chi connectivity index (χ3v) is 3.60. The molecule has 1 aromatic heterocycles. The summed E-state index contributed by atoms with van der Waals surface area (Å²) in [4.78, 5) is 28.6. The zero-order chi connectivity index (χ0) is 13.7. The first-order chi connectivity index (χ1) is 9.22. The Morgan fingerprint density at radius 1 is 1.53 bits per heavy atom. The van der Waals surface area contributed by atoms with Crippen LogP contribution >= 0.6 is 0 Å². The predicted octanol–water partition coefficient (Wildman–Crippen LogP) is 0.837. The molecular formula is C14H21N3O2. The molecule has 1 saturated heterocycles. The SMILES string of the molecule is CCN(CC1CCCNC1)C(=O)c1c[nH]ccc1=O. The Balaban J connectivity index is 2.06. The van der Waals surface area contributed by atoms with Gasteiger partial charge in [0.2, 0.25) is 0 Å². The zero-order valence-electron chi connectivity index (χ0n) is 11.3. The van der Waals surface area contributed by atoms with Crippen LogP contribution in [-0.4, -0.2) is 42.0 Å². The van der Waals surface area contributed by atoms with E-state index in [-0.39, 0.29) is 16.9 Å². The summed E-state index contributed by atoms with van der Waals surface area (Å²) in [5, 5.41) is 3.35. The number of H-pyrrole nitrogens is 1. The maximum Gasteiger partial charge on any atom is 0.259 e. The molecule has 0 spiro atoms. The molecule has 2 rings (SSSR count). The number of amides is 1. The van der Waals surface area contributed by atoms with Crippen molar-refractivity contribution < 1.29 is 4.79 Å². The lowest BCUT2D eigenvalue weighted by Crippen LogP contribution is -2.42. The van der Waals surface area contributed by atoms with Crippen LogP contribution in [0.3, 0.4) is 0 Å². The van der Waals surface area contributed by atoms with E-state index in [1.807, 2.05) is 6.92 Å². The first kappa shape index (κ1) is 13.8. The highest BCUT2D eigenvalue weighted by Crippen LogP contribution is 2.12. The Morgan fingerprint density at radius 3 is 3.00 bits per heavy atom. The van der Waals surface area contributed by atoms with E-state index in [1.54, 1.807) is 11.1 Å². The maximum atomic E-state index is 12.4. The third-order valence-electron chi connectivity index (χ3n) is 3.60. The van der Waals surface area contributed by atoms with Gasteiger partial charge in [-0.2, -0.15) is 0 Å². The van der Waals surface area contributed by atoms with Gasteiger partial charge in [-0.15, -0.1) is 0 Å². The highest BCUT2D eigenvalue weighted by molar-refractivity contribution is 5.93. The van der Waals surface area contributed by atoms with Crippen molar-refractivity contribution in [2.75, 3.05) is 26.2 Å². The quantitative estimate of drug-likeness (QED) is 0.846. The van der Waals surface area contributed by atoms with E-state index in [2.05, 4.69) is 10.3 Å². The summed E-state index contributed by atoms with van der Waals surface area (Å²) in [6.07, 6.45) is 5.33. The fourth-order valence-electron chi connectivity index (χ4n) is 2.50. The van der Waals surface area contributed by atoms with Gasteiger partial charge in [0.05, 0.1) is 0 Å². The lowest BCUT2D eigenvalue weighted by atomic mass is 9.99.